The third kappa shape index (κ3) is 3.64. The van der Waals surface area contributed by atoms with Gasteiger partial charge in [0.1, 0.15) is 0 Å². The molecular weight excluding hydrogens is 218 g/mol. The van der Waals surface area contributed by atoms with E-state index in [4.69, 9.17) is 0 Å². The summed E-state index contributed by atoms with van der Waals surface area (Å²) in [6.07, 6.45) is 4.95. The predicted octanol–water partition coefficient (Wildman–Crippen LogP) is 2.66. The van der Waals surface area contributed by atoms with Crippen molar-refractivity contribution >= 4 is 11.8 Å². The highest BCUT2D eigenvalue weighted by Crippen LogP contribution is 2.38. The van der Waals surface area contributed by atoms with E-state index in [1.165, 1.54) is 25.0 Å². The normalized spacial score (nSPS) is 30.2. The van der Waals surface area contributed by atoms with Gasteiger partial charge in [0.2, 0.25) is 0 Å². The highest BCUT2D eigenvalue weighted by Gasteiger charge is 2.40. The molecule has 0 radical (unpaired) electrons. The zero-order valence-electron chi connectivity index (χ0n) is 11.0. The van der Waals surface area contributed by atoms with Gasteiger partial charge in [0.25, 0.3) is 0 Å². The van der Waals surface area contributed by atoms with E-state index < -0.39 is 0 Å². The van der Waals surface area contributed by atoms with Crippen LogP contribution in [0.3, 0.4) is 0 Å². The molecule has 0 aromatic carbocycles. The molecule has 96 valence electrons. The first-order valence-corrected chi connectivity index (χ1v) is 7.67. The van der Waals surface area contributed by atoms with Crippen molar-refractivity contribution in [2.45, 2.75) is 57.2 Å². The van der Waals surface area contributed by atoms with Crippen LogP contribution in [0.5, 0.6) is 0 Å². The van der Waals surface area contributed by atoms with Crippen LogP contribution in [-0.2, 0) is 0 Å². The van der Waals surface area contributed by atoms with Gasteiger partial charge in [-0.2, -0.15) is 11.8 Å². The summed E-state index contributed by atoms with van der Waals surface area (Å²) in [5.74, 6) is 1.90. The molecule has 2 nitrogen and oxygen atoms in total. The molecule has 1 saturated carbocycles. The number of likely N-dealkylation sites (N-methyl/N-ethyl adjacent to an activating group) is 1. The molecule has 0 aromatic heterocycles. The lowest BCUT2D eigenvalue weighted by Crippen LogP contribution is -2.51. The van der Waals surface area contributed by atoms with Gasteiger partial charge >= 0.3 is 0 Å². The van der Waals surface area contributed by atoms with Gasteiger partial charge in [0.15, 0.2) is 0 Å². The maximum atomic E-state index is 9.66. The molecular formula is C13H27NOS. The molecule has 16 heavy (non-hydrogen) atoms. The van der Waals surface area contributed by atoms with E-state index >= 15 is 0 Å². The lowest BCUT2D eigenvalue weighted by atomic mass is 9.86. The molecule has 2 unspecified atom stereocenters. The fraction of sp³-hybridized carbons (Fsp3) is 1.00. The second-order valence-electron chi connectivity index (χ2n) is 5.14. The van der Waals surface area contributed by atoms with Crippen LogP contribution in [0.2, 0.25) is 0 Å². The first kappa shape index (κ1) is 14.3. The Labute approximate surface area is 105 Å². The molecule has 2 atom stereocenters. The van der Waals surface area contributed by atoms with Crippen LogP contribution in [0.25, 0.3) is 0 Å². The van der Waals surface area contributed by atoms with Crippen LogP contribution in [0.1, 0.15) is 46.5 Å². The Bertz CT molecular complexity index is 198. The Hall–Kier alpha value is 0.270. The molecule has 1 aliphatic carbocycles. The summed E-state index contributed by atoms with van der Waals surface area (Å²) in [5, 5.41) is 13.9. The standard InChI is InChI=1S/C13H27NOS/c1-4-14-13(10-15)8-5-6-12(13)7-9-16-11(2)3/h11-12,14-15H,4-10H2,1-3H3. The van der Waals surface area contributed by atoms with Gasteiger partial charge in [-0.1, -0.05) is 27.2 Å². The van der Waals surface area contributed by atoms with Crippen LogP contribution in [0.15, 0.2) is 0 Å². The summed E-state index contributed by atoms with van der Waals surface area (Å²) in [4.78, 5) is 0. The smallest absolute Gasteiger partial charge is 0.0616 e. The average molecular weight is 245 g/mol. The van der Waals surface area contributed by atoms with E-state index in [0.29, 0.717) is 12.5 Å². The van der Waals surface area contributed by atoms with E-state index in [0.717, 1.165) is 18.2 Å². The summed E-state index contributed by atoms with van der Waals surface area (Å²) >= 11 is 2.04. The van der Waals surface area contributed by atoms with E-state index in [1.54, 1.807) is 0 Å². The minimum Gasteiger partial charge on any atom is -0.394 e. The van der Waals surface area contributed by atoms with Crippen LogP contribution in [0, 0.1) is 5.92 Å². The second-order valence-corrected chi connectivity index (χ2v) is 6.83. The molecule has 1 aliphatic rings. The fourth-order valence-electron chi connectivity index (χ4n) is 2.86. The number of rotatable bonds is 7. The van der Waals surface area contributed by atoms with Crippen molar-refractivity contribution in [1.82, 2.24) is 5.32 Å². The van der Waals surface area contributed by atoms with Gasteiger partial charge in [-0.3, -0.25) is 0 Å². The lowest BCUT2D eigenvalue weighted by Gasteiger charge is -2.35. The van der Waals surface area contributed by atoms with E-state index in [9.17, 15) is 5.11 Å². The van der Waals surface area contributed by atoms with Crippen LogP contribution in [0.4, 0.5) is 0 Å². The van der Waals surface area contributed by atoms with Crippen molar-refractivity contribution in [2.75, 3.05) is 18.9 Å². The first-order valence-electron chi connectivity index (χ1n) is 6.62. The van der Waals surface area contributed by atoms with Crippen molar-refractivity contribution in [3.8, 4) is 0 Å². The van der Waals surface area contributed by atoms with Crippen LogP contribution in [-0.4, -0.2) is 34.8 Å². The van der Waals surface area contributed by atoms with Gasteiger partial charge < -0.3 is 10.4 Å². The van der Waals surface area contributed by atoms with Crippen molar-refractivity contribution in [3.05, 3.63) is 0 Å². The van der Waals surface area contributed by atoms with Crippen molar-refractivity contribution < 1.29 is 5.11 Å². The maximum absolute atomic E-state index is 9.66. The van der Waals surface area contributed by atoms with Crippen LogP contribution >= 0.6 is 11.8 Å². The van der Waals surface area contributed by atoms with Gasteiger partial charge in [-0.05, 0) is 42.7 Å². The minimum absolute atomic E-state index is 0.0340. The molecule has 1 rings (SSSR count). The molecule has 0 aliphatic heterocycles. The number of thioether (sulfide) groups is 1. The summed E-state index contributed by atoms with van der Waals surface area (Å²) in [7, 11) is 0. The van der Waals surface area contributed by atoms with E-state index in [-0.39, 0.29) is 5.54 Å². The molecule has 3 heteroatoms. The summed E-state index contributed by atoms with van der Waals surface area (Å²) < 4.78 is 0. The van der Waals surface area contributed by atoms with E-state index in [1.807, 2.05) is 11.8 Å². The lowest BCUT2D eigenvalue weighted by molar-refractivity contribution is 0.124. The van der Waals surface area contributed by atoms with Crippen LogP contribution < -0.4 is 5.32 Å². The number of aliphatic hydroxyl groups is 1. The highest BCUT2D eigenvalue weighted by atomic mass is 32.2. The molecule has 0 spiro atoms. The third-order valence-corrected chi connectivity index (χ3v) is 4.82. The number of hydrogen-bond acceptors (Lipinski definition) is 3. The van der Waals surface area contributed by atoms with Gasteiger partial charge in [-0.15, -0.1) is 0 Å². The predicted molar refractivity (Wildman–Crippen MR) is 73.0 cm³/mol. The Balaban J connectivity index is 2.43. The van der Waals surface area contributed by atoms with Gasteiger partial charge in [0, 0.05) is 5.54 Å². The van der Waals surface area contributed by atoms with Crippen molar-refractivity contribution in [1.29, 1.82) is 0 Å². The molecule has 0 bridgehead atoms. The zero-order chi connectivity index (χ0) is 12.0. The Morgan fingerprint density at radius 2 is 2.25 bits per heavy atom. The van der Waals surface area contributed by atoms with Crippen molar-refractivity contribution in [3.63, 3.8) is 0 Å². The summed E-state index contributed by atoms with van der Waals surface area (Å²) in [6, 6.07) is 0. The Kier molecular flexibility index (Phi) is 6.16. The number of nitrogens with one attached hydrogen (secondary N) is 1. The Morgan fingerprint density at radius 1 is 1.50 bits per heavy atom. The molecule has 1 fully saturated rings. The molecule has 0 amide bonds. The molecule has 0 saturated heterocycles. The Morgan fingerprint density at radius 3 is 2.81 bits per heavy atom. The zero-order valence-corrected chi connectivity index (χ0v) is 11.8. The minimum atomic E-state index is 0.0340. The highest BCUT2D eigenvalue weighted by molar-refractivity contribution is 7.99. The van der Waals surface area contributed by atoms with E-state index in [2.05, 4.69) is 26.1 Å². The largest absolute Gasteiger partial charge is 0.394 e. The monoisotopic (exact) mass is 245 g/mol. The molecule has 0 heterocycles. The number of hydrogen-bond donors (Lipinski definition) is 2. The second kappa shape index (κ2) is 6.87. The van der Waals surface area contributed by atoms with Gasteiger partial charge in [0.05, 0.1) is 6.61 Å². The maximum Gasteiger partial charge on any atom is 0.0616 e. The third-order valence-electron chi connectivity index (χ3n) is 3.69. The quantitative estimate of drug-likeness (QED) is 0.723. The topological polar surface area (TPSA) is 32.3 Å². The van der Waals surface area contributed by atoms with Gasteiger partial charge in [-0.25, -0.2) is 0 Å². The average Bonchev–Trinajstić information content (AvgIpc) is 2.62. The number of aliphatic hydroxyl groups excluding tert-OH is 1. The fourth-order valence-corrected chi connectivity index (χ4v) is 3.75. The van der Waals surface area contributed by atoms with Crippen molar-refractivity contribution in [2.24, 2.45) is 5.92 Å². The molecule has 2 N–H and O–H groups in total. The molecule has 0 aromatic rings. The SMILES string of the molecule is CCNC1(CO)CCCC1CCSC(C)C. The summed E-state index contributed by atoms with van der Waals surface area (Å²) in [5.41, 5.74) is 0.0340. The first-order chi connectivity index (χ1) is 7.64. The summed E-state index contributed by atoms with van der Waals surface area (Å²) in [6.45, 7) is 7.91.